The van der Waals surface area contributed by atoms with E-state index in [0.717, 1.165) is 66.2 Å². The van der Waals surface area contributed by atoms with E-state index in [1.807, 2.05) is 30.3 Å². The fourth-order valence-corrected chi connectivity index (χ4v) is 7.42. The van der Waals surface area contributed by atoms with Gasteiger partial charge in [-0.1, -0.05) is 84.9 Å². The SMILES string of the molecule is Oc1ccccc1-c1cccc(-n2c3ccccc3c3c4oc5ccc(-n6c7ccccc7c7ccccc76)cc5c4ccc32)c1. The lowest BCUT2D eigenvalue weighted by atomic mass is 10.0. The summed E-state index contributed by atoms with van der Waals surface area (Å²) in [6, 6.07) is 52.5. The van der Waals surface area contributed by atoms with Gasteiger partial charge in [-0.05, 0) is 72.3 Å². The number of phenolic OH excluding ortho intramolecular Hbond substituents is 1. The molecule has 216 valence electrons. The summed E-state index contributed by atoms with van der Waals surface area (Å²) < 4.78 is 11.4. The summed E-state index contributed by atoms with van der Waals surface area (Å²) in [6.07, 6.45) is 0. The topological polar surface area (TPSA) is 43.2 Å². The fourth-order valence-electron chi connectivity index (χ4n) is 7.42. The predicted molar refractivity (Wildman–Crippen MR) is 189 cm³/mol. The van der Waals surface area contributed by atoms with Crippen LogP contribution >= 0.6 is 0 Å². The van der Waals surface area contributed by atoms with Crippen molar-refractivity contribution in [2.75, 3.05) is 0 Å². The van der Waals surface area contributed by atoms with E-state index in [1.54, 1.807) is 6.07 Å². The molecule has 0 bridgehead atoms. The third kappa shape index (κ3) is 3.44. The molecular weight excluding hydrogens is 564 g/mol. The third-order valence-electron chi connectivity index (χ3n) is 9.41. The summed E-state index contributed by atoms with van der Waals surface area (Å²) in [4.78, 5) is 0. The number of hydrogen-bond acceptors (Lipinski definition) is 2. The molecule has 0 spiro atoms. The summed E-state index contributed by atoms with van der Waals surface area (Å²) in [5.41, 5.74) is 10.2. The first-order valence-corrected chi connectivity index (χ1v) is 15.5. The summed E-state index contributed by atoms with van der Waals surface area (Å²) in [5, 5.41) is 17.5. The molecule has 0 unspecified atom stereocenters. The Hall–Kier alpha value is -6.26. The second-order valence-corrected chi connectivity index (χ2v) is 11.9. The van der Waals surface area contributed by atoms with E-state index in [4.69, 9.17) is 4.42 Å². The molecule has 10 rings (SSSR count). The molecule has 1 N–H and O–H groups in total. The average molecular weight is 591 g/mol. The number of aromatic nitrogens is 2. The Bertz CT molecular complexity index is 2780. The normalized spacial score (nSPS) is 12.0. The highest BCUT2D eigenvalue weighted by molar-refractivity contribution is 6.24. The van der Waals surface area contributed by atoms with Crippen molar-refractivity contribution in [2.24, 2.45) is 0 Å². The summed E-state index contributed by atoms with van der Waals surface area (Å²) in [5.74, 6) is 0.270. The lowest BCUT2D eigenvalue weighted by Crippen LogP contribution is -1.94. The third-order valence-corrected chi connectivity index (χ3v) is 9.41. The van der Waals surface area contributed by atoms with Crippen LogP contribution in [0.4, 0.5) is 0 Å². The number of furan rings is 1. The Morgan fingerprint density at radius 2 is 1.07 bits per heavy atom. The number of hydrogen-bond donors (Lipinski definition) is 1. The van der Waals surface area contributed by atoms with E-state index in [9.17, 15) is 5.11 Å². The second-order valence-electron chi connectivity index (χ2n) is 11.9. The van der Waals surface area contributed by atoms with Crippen LogP contribution in [0.1, 0.15) is 0 Å². The molecule has 0 saturated heterocycles. The lowest BCUT2D eigenvalue weighted by molar-refractivity contribution is 0.477. The van der Waals surface area contributed by atoms with Crippen molar-refractivity contribution in [3.8, 4) is 28.3 Å². The molecule has 46 heavy (non-hydrogen) atoms. The standard InChI is InChI=1S/C42H26N2O2/c45-39-19-8-4-12-29(39)26-10-9-11-27(24-26)44-37-18-7-3-15-33(37)41-38(44)22-21-32-34-25-28(20-23-40(34)46-42(32)41)43-35-16-5-1-13-30(35)31-14-2-6-17-36(31)43/h1-25,45H. The Kier molecular flexibility index (Phi) is 5.11. The van der Waals surface area contributed by atoms with E-state index in [2.05, 4.69) is 124 Å². The highest BCUT2D eigenvalue weighted by Crippen LogP contribution is 2.42. The highest BCUT2D eigenvalue weighted by atomic mass is 16.3. The van der Waals surface area contributed by atoms with Crippen molar-refractivity contribution in [1.82, 2.24) is 9.13 Å². The summed E-state index contributed by atoms with van der Waals surface area (Å²) in [7, 11) is 0. The van der Waals surface area contributed by atoms with Gasteiger partial charge in [0.25, 0.3) is 0 Å². The number of fused-ring (bicyclic) bond motifs is 10. The minimum Gasteiger partial charge on any atom is -0.507 e. The summed E-state index contributed by atoms with van der Waals surface area (Å²) >= 11 is 0. The van der Waals surface area contributed by atoms with Gasteiger partial charge in [-0.2, -0.15) is 0 Å². The molecule has 0 saturated carbocycles. The van der Waals surface area contributed by atoms with Crippen LogP contribution in [0, 0.1) is 0 Å². The van der Waals surface area contributed by atoms with Crippen LogP contribution in [0.15, 0.2) is 156 Å². The maximum Gasteiger partial charge on any atom is 0.145 e. The summed E-state index contributed by atoms with van der Waals surface area (Å²) in [6.45, 7) is 0. The van der Waals surface area contributed by atoms with E-state index in [-0.39, 0.29) is 5.75 Å². The predicted octanol–water partition coefficient (Wildman–Crippen LogP) is 11.2. The number of rotatable bonds is 3. The van der Waals surface area contributed by atoms with E-state index >= 15 is 0 Å². The van der Waals surface area contributed by atoms with Crippen molar-refractivity contribution in [1.29, 1.82) is 0 Å². The van der Waals surface area contributed by atoms with Gasteiger partial charge in [0, 0.05) is 43.9 Å². The van der Waals surface area contributed by atoms with Crippen LogP contribution in [-0.4, -0.2) is 14.2 Å². The first-order chi connectivity index (χ1) is 22.7. The molecular formula is C42H26N2O2. The van der Waals surface area contributed by atoms with Crippen LogP contribution in [0.3, 0.4) is 0 Å². The van der Waals surface area contributed by atoms with Gasteiger partial charge in [0.1, 0.15) is 16.9 Å². The van der Waals surface area contributed by atoms with Crippen molar-refractivity contribution >= 4 is 65.6 Å². The first-order valence-electron chi connectivity index (χ1n) is 15.5. The zero-order valence-corrected chi connectivity index (χ0v) is 24.7. The maximum atomic E-state index is 10.6. The van der Waals surface area contributed by atoms with Crippen molar-refractivity contribution < 1.29 is 9.52 Å². The van der Waals surface area contributed by atoms with Crippen LogP contribution in [-0.2, 0) is 0 Å². The molecule has 0 aliphatic carbocycles. The van der Waals surface area contributed by atoms with Gasteiger partial charge in [0.15, 0.2) is 0 Å². The van der Waals surface area contributed by atoms with Crippen LogP contribution in [0.2, 0.25) is 0 Å². The Morgan fingerprint density at radius 1 is 0.435 bits per heavy atom. The van der Waals surface area contributed by atoms with E-state index in [1.165, 1.54) is 21.8 Å². The number of nitrogens with zero attached hydrogens (tertiary/aromatic N) is 2. The monoisotopic (exact) mass is 590 g/mol. The lowest BCUT2D eigenvalue weighted by Gasteiger charge is -2.11. The zero-order valence-electron chi connectivity index (χ0n) is 24.7. The van der Waals surface area contributed by atoms with Gasteiger partial charge >= 0.3 is 0 Å². The maximum absolute atomic E-state index is 10.6. The van der Waals surface area contributed by atoms with Gasteiger partial charge in [0.05, 0.1) is 27.5 Å². The Morgan fingerprint density at radius 3 is 1.83 bits per heavy atom. The van der Waals surface area contributed by atoms with Crippen LogP contribution in [0.5, 0.6) is 5.75 Å². The molecule has 0 atom stereocenters. The van der Waals surface area contributed by atoms with Crippen molar-refractivity contribution in [2.45, 2.75) is 0 Å². The molecule has 4 nitrogen and oxygen atoms in total. The van der Waals surface area contributed by atoms with Gasteiger partial charge in [-0.25, -0.2) is 0 Å². The molecule has 0 fully saturated rings. The largest absolute Gasteiger partial charge is 0.507 e. The smallest absolute Gasteiger partial charge is 0.145 e. The number of benzene rings is 7. The highest BCUT2D eigenvalue weighted by Gasteiger charge is 2.20. The number of para-hydroxylation sites is 4. The molecule has 4 heteroatoms. The van der Waals surface area contributed by atoms with Gasteiger partial charge in [-0.15, -0.1) is 0 Å². The number of aromatic hydroxyl groups is 1. The molecule has 7 aromatic carbocycles. The average Bonchev–Trinajstić information content (AvgIpc) is 3.76. The Labute approximate surface area is 263 Å². The van der Waals surface area contributed by atoms with Gasteiger partial charge in [-0.3, -0.25) is 0 Å². The molecule has 0 aliphatic heterocycles. The molecule has 0 aliphatic rings. The van der Waals surface area contributed by atoms with Crippen LogP contribution < -0.4 is 0 Å². The molecule has 0 radical (unpaired) electrons. The van der Waals surface area contributed by atoms with Crippen LogP contribution in [0.25, 0.3) is 88.1 Å². The Balaban J connectivity index is 1.23. The quantitative estimate of drug-likeness (QED) is 0.222. The fraction of sp³-hybridized carbons (Fsp3) is 0. The zero-order chi connectivity index (χ0) is 30.4. The van der Waals surface area contributed by atoms with Crippen molar-refractivity contribution in [3.63, 3.8) is 0 Å². The van der Waals surface area contributed by atoms with Crippen molar-refractivity contribution in [3.05, 3.63) is 152 Å². The minimum atomic E-state index is 0.270. The first kappa shape index (κ1) is 25.1. The second kappa shape index (κ2) is 9.37. The van der Waals surface area contributed by atoms with Gasteiger partial charge in [0.2, 0.25) is 0 Å². The molecule has 3 heterocycles. The minimum absolute atomic E-state index is 0.270. The molecule has 0 amide bonds. The van der Waals surface area contributed by atoms with Gasteiger partial charge < -0.3 is 18.7 Å². The van der Waals surface area contributed by atoms with E-state index < -0.39 is 0 Å². The molecule has 3 aromatic heterocycles. The number of phenols is 1. The molecule has 10 aromatic rings. The van der Waals surface area contributed by atoms with E-state index in [0.29, 0.717) is 0 Å².